The maximum Gasteiger partial charge on any atom is 0.325 e. The fourth-order valence-corrected chi connectivity index (χ4v) is 5.51. The minimum Gasteiger partial charge on any atom is -0.317 e. The summed E-state index contributed by atoms with van der Waals surface area (Å²) in [5, 5.41) is 4.40. The number of pyridine rings is 1. The standard InChI is InChI=1S/C28H27Cl2FN4O/c29-23-8-7-20(16-24(23)30)4-3-15-34(18-21-9-12-33-26(31)17-21)27(36)35-19-28(10-13-32-14-11-28)22-5-1-2-6-25(22)35/h1-9,12,16-17,32H,10-11,13-15,18-19H2/b4-3+. The molecule has 186 valence electrons. The number of rotatable bonds is 5. The SMILES string of the molecule is O=C(N(C/C=C/c1ccc(Cl)c(Cl)c1)Cc1ccnc(F)c1)N1CC2(CCNCC2)c2ccccc21. The molecule has 0 radical (unpaired) electrons. The summed E-state index contributed by atoms with van der Waals surface area (Å²) in [5.41, 5.74) is 3.72. The highest BCUT2D eigenvalue weighted by molar-refractivity contribution is 6.42. The van der Waals surface area contributed by atoms with Crippen LogP contribution in [-0.2, 0) is 12.0 Å². The lowest BCUT2D eigenvalue weighted by atomic mass is 9.75. The number of carbonyl (C=O) groups excluding carboxylic acids is 1. The molecule has 3 aromatic rings. The van der Waals surface area contributed by atoms with Crippen molar-refractivity contribution in [2.45, 2.75) is 24.8 Å². The summed E-state index contributed by atoms with van der Waals surface area (Å²) in [6.07, 6.45) is 7.22. The number of hydrogen-bond acceptors (Lipinski definition) is 3. The highest BCUT2D eigenvalue weighted by Crippen LogP contribution is 2.46. The molecule has 0 aliphatic carbocycles. The summed E-state index contributed by atoms with van der Waals surface area (Å²) >= 11 is 12.2. The molecule has 0 unspecified atom stereocenters. The molecule has 36 heavy (non-hydrogen) atoms. The van der Waals surface area contributed by atoms with Crippen molar-refractivity contribution in [3.8, 4) is 0 Å². The molecule has 3 heterocycles. The minimum atomic E-state index is -0.563. The normalized spacial score (nSPS) is 16.5. The van der Waals surface area contributed by atoms with Crippen LogP contribution in [0.25, 0.3) is 6.08 Å². The zero-order valence-electron chi connectivity index (χ0n) is 19.8. The Bertz CT molecular complexity index is 1290. The summed E-state index contributed by atoms with van der Waals surface area (Å²) in [5.74, 6) is -0.563. The van der Waals surface area contributed by atoms with Gasteiger partial charge in [0.1, 0.15) is 0 Å². The predicted molar refractivity (Wildman–Crippen MR) is 143 cm³/mol. The number of hydrogen-bond donors (Lipinski definition) is 1. The quantitative estimate of drug-likeness (QED) is 0.398. The third kappa shape index (κ3) is 5.12. The molecule has 1 fully saturated rings. The Hall–Kier alpha value is -2.93. The molecule has 1 saturated heterocycles. The minimum absolute atomic E-state index is 0.0398. The van der Waals surface area contributed by atoms with Gasteiger partial charge in [-0.15, -0.1) is 0 Å². The average Bonchev–Trinajstić information content (AvgIpc) is 3.19. The van der Waals surface area contributed by atoms with Crippen LogP contribution < -0.4 is 10.2 Å². The number of nitrogens with one attached hydrogen (secondary N) is 1. The Balaban J connectivity index is 1.42. The molecule has 5 rings (SSSR count). The highest BCUT2D eigenvalue weighted by atomic mass is 35.5. The molecule has 0 atom stereocenters. The van der Waals surface area contributed by atoms with Crippen LogP contribution in [0.4, 0.5) is 14.9 Å². The first-order chi connectivity index (χ1) is 17.4. The third-order valence-corrected chi connectivity index (χ3v) is 7.77. The van der Waals surface area contributed by atoms with E-state index in [1.165, 1.54) is 17.8 Å². The van der Waals surface area contributed by atoms with Gasteiger partial charge >= 0.3 is 6.03 Å². The largest absolute Gasteiger partial charge is 0.325 e. The zero-order valence-corrected chi connectivity index (χ0v) is 21.3. The van der Waals surface area contributed by atoms with Crippen molar-refractivity contribution < 1.29 is 9.18 Å². The third-order valence-electron chi connectivity index (χ3n) is 7.03. The molecule has 2 aromatic carbocycles. The van der Waals surface area contributed by atoms with Gasteiger partial charge in [-0.05, 0) is 73.0 Å². The van der Waals surface area contributed by atoms with E-state index in [2.05, 4.69) is 16.4 Å². The first kappa shape index (κ1) is 24.8. The maximum atomic E-state index is 14.0. The van der Waals surface area contributed by atoms with E-state index in [0.29, 0.717) is 28.7 Å². The molecular weight excluding hydrogens is 498 g/mol. The number of urea groups is 1. The second-order valence-corrected chi connectivity index (χ2v) is 10.2. The summed E-state index contributed by atoms with van der Waals surface area (Å²) in [7, 11) is 0. The Labute approximate surface area is 220 Å². The topological polar surface area (TPSA) is 48.5 Å². The summed E-state index contributed by atoms with van der Waals surface area (Å²) in [4.78, 5) is 21.3. The van der Waals surface area contributed by atoms with Crippen molar-refractivity contribution >= 4 is 41.0 Å². The van der Waals surface area contributed by atoms with Crippen molar-refractivity contribution in [2.24, 2.45) is 0 Å². The lowest BCUT2D eigenvalue weighted by molar-refractivity contribution is 0.205. The molecule has 1 N–H and O–H groups in total. The van der Waals surface area contributed by atoms with Gasteiger partial charge in [0.25, 0.3) is 0 Å². The van der Waals surface area contributed by atoms with Crippen LogP contribution in [0.5, 0.6) is 0 Å². The Morgan fingerprint density at radius 2 is 1.92 bits per heavy atom. The fraction of sp³-hybridized carbons (Fsp3) is 0.286. The number of carbonyl (C=O) groups is 1. The lowest BCUT2D eigenvalue weighted by Gasteiger charge is -2.35. The monoisotopic (exact) mass is 524 g/mol. The molecule has 1 spiro atoms. The maximum absolute atomic E-state index is 14.0. The number of halogens is 3. The van der Waals surface area contributed by atoms with Gasteiger partial charge in [0.15, 0.2) is 0 Å². The van der Waals surface area contributed by atoms with E-state index in [0.717, 1.165) is 37.2 Å². The average molecular weight is 525 g/mol. The van der Waals surface area contributed by atoms with Crippen LogP contribution >= 0.6 is 23.2 Å². The van der Waals surface area contributed by atoms with E-state index in [-0.39, 0.29) is 18.0 Å². The van der Waals surface area contributed by atoms with E-state index < -0.39 is 5.95 Å². The molecular formula is C28H27Cl2FN4O. The number of fused-ring (bicyclic) bond motifs is 2. The summed E-state index contributed by atoms with van der Waals surface area (Å²) in [6, 6.07) is 16.6. The number of benzene rings is 2. The number of para-hydroxylation sites is 1. The van der Waals surface area contributed by atoms with Crippen LogP contribution in [0, 0.1) is 5.95 Å². The van der Waals surface area contributed by atoms with Crippen molar-refractivity contribution in [3.63, 3.8) is 0 Å². The van der Waals surface area contributed by atoms with E-state index in [4.69, 9.17) is 23.2 Å². The first-order valence-corrected chi connectivity index (χ1v) is 12.8. The number of anilines is 1. The van der Waals surface area contributed by atoms with Crippen LogP contribution in [-0.4, -0.2) is 42.1 Å². The second kappa shape index (κ2) is 10.6. The Kier molecular flexibility index (Phi) is 7.28. The van der Waals surface area contributed by atoms with Crippen LogP contribution in [0.15, 0.2) is 66.9 Å². The van der Waals surface area contributed by atoms with E-state index in [1.54, 1.807) is 23.1 Å². The lowest BCUT2D eigenvalue weighted by Crippen LogP contribution is -2.47. The van der Waals surface area contributed by atoms with E-state index in [9.17, 15) is 9.18 Å². The Morgan fingerprint density at radius 1 is 1.11 bits per heavy atom. The van der Waals surface area contributed by atoms with Crippen molar-refractivity contribution in [1.82, 2.24) is 15.2 Å². The van der Waals surface area contributed by atoms with Gasteiger partial charge in [-0.3, -0.25) is 4.90 Å². The zero-order chi connectivity index (χ0) is 25.1. The van der Waals surface area contributed by atoms with Gasteiger partial charge in [-0.2, -0.15) is 4.39 Å². The number of nitrogens with zero attached hydrogens (tertiary/aromatic N) is 3. The molecule has 0 bridgehead atoms. The molecule has 5 nitrogen and oxygen atoms in total. The molecule has 2 aliphatic heterocycles. The van der Waals surface area contributed by atoms with Gasteiger partial charge in [0.2, 0.25) is 5.95 Å². The summed E-state index contributed by atoms with van der Waals surface area (Å²) < 4.78 is 13.8. The van der Waals surface area contributed by atoms with Crippen molar-refractivity contribution in [2.75, 3.05) is 31.1 Å². The van der Waals surface area contributed by atoms with Gasteiger partial charge in [-0.25, -0.2) is 9.78 Å². The van der Waals surface area contributed by atoms with E-state index in [1.807, 2.05) is 41.3 Å². The fourth-order valence-electron chi connectivity index (χ4n) is 5.21. The number of amides is 2. The first-order valence-electron chi connectivity index (χ1n) is 12.0. The number of piperidine rings is 1. The summed E-state index contributed by atoms with van der Waals surface area (Å²) in [6.45, 7) is 3.11. The van der Waals surface area contributed by atoms with Gasteiger partial charge in [-0.1, -0.05) is 59.6 Å². The molecule has 1 aromatic heterocycles. The Morgan fingerprint density at radius 3 is 2.69 bits per heavy atom. The highest BCUT2D eigenvalue weighted by Gasteiger charge is 2.45. The van der Waals surface area contributed by atoms with Gasteiger partial charge < -0.3 is 10.2 Å². The van der Waals surface area contributed by atoms with Gasteiger partial charge in [0.05, 0.1) is 10.0 Å². The predicted octanol–water partition coefficient (Wildman–Crippen LogP) is 6.30. The van der Waals surface area contributed by atoms with Crippen LogP contribution in [0.3, 0.4) is 0 Å². The molecule has 2 amide bonds. The van der Waals surface area contributed by atoms with Crippen LogP contribution in [0.2, 0.25) is 10.0 Å². The molecule has 0 saturated carbocycles. The smallest absolute Gasteiger partial charge is 0.317 e. The van der Waals surface area contributed by atoms with Crippen molar-refractivity contribution in [3.05, 3.63) is 99.6 Å². The molecule has 2 aliphatic rings. The van der Waals surface area contributed by atoms with E-state index >= 15 is 0 Å². The van der Waals surface area contributed by atoms with Gasteiger partial charge in [0, 0.05) is 36.9 Å². The second-order valence-electron chi connectivity index (χ2n) is 9.36. The van der Waals surface area contributed by atoms with Crippen molar-refractivity contribution in [1.29, 1.82) is 0 Å². The number of aromatic nitrogens is 1. The molecule has 8 heteroatoms. The van der Waals surface area contributed by atoms with Crippen LogP contribution in [0.1, 0.15) is 29.5 Å².